The molecule has 0 radical (unpaired) electrons. The van der Waals surface area contributed by atoms with Gasteiger partial charge >= 0.3 is 166 Å². The molecule has 0 saturated carbocycles. The molecule has 0 aromatic carbocycles. The SMILES string of the molecule is CCCCCCCCCCCCCCP(O)(CCCC)(CCCC)CCCC. The topological polar surface area (TPSA) is 20.2 Å². The van der Waals surface area contributed by atoms with Crippen LogP contribution in [0.3, 0.4) is 0 Å². The maximum absolute atomic E-state index is 12.1. The van der Waals surface area contributed by atoms with E-state index in [0.717, 1.165) is 18.5 Å². The van der Waals surface area contributed by atoms with E-state index in [9.17, 15) is 4.89 Å². The zero-order valence-corrected chi connectivity index (χ0v) is 21.3. The van der Waals surface area contributed by atoms with E-state index in [-0.39, 0.29) is 0 Å². The minimum atomic E-state index is -2.44. The number of hydrogen-bond acceptors (Lipinski definition) is 1. The normalized spacial score (nSPS) is 13.5. The van der Waals surface area contributed by atoms with Crippen LogP contribution in [0.5, 0.6) is 0 Å². The predicted molar refractivity (Wildman–Crippen MR) is 134 cm³/mol. The first kappa shape index (κ1) is 28.4. The monoisotopic (exact) mass is 416 g/mol. The Balaban J connectivity index is 4.12. The van der Waals surface area contributed by atoms with Gasteiger partial charge in [0.1, 0.15) is 0 Å². The molecule has 0 bridgehead atoms. The molecule has 0 fully saturated rings. The second kappa shape index (κ2) is 18.2. The molecule has 0 aliphatic carbocycles. The van der Waals surface area contributed by atoms with Crippen LogP contribution in [0, 0.1) is 0 Å². The number of hydrogen-bond donors (Lipinski definition) is 1. The van der Waals surface area contributed by atoms with Crippen molar-refractivity contribution in [2.45, 2.75) is 143 Å². The average Bonchev–Trinajstić information content (AvgIpc) is 2.71. The van der Waals surface area contributed by atoms with Crippen molar-refractivity contribution in [2.24, 2.45) is 0 Å². The molecule has 1 N–H and O–H groups in total. The minimum absolute atomic E-state index is 1.15. The molecule has 28 heavy (non-hydrogen) atoms. The van der Waals surface area contributed by atoms with Gasteiger partial charge < -0.3 is 0 Å². The third kappa shape index (κ3) is 14.4. The van der Waals surface area contributed by atoms with Crippen molar-refractivity contribution in [3.8, 4) is 0 Å². The molecule has 0 heterocycles. The van der Waals surface area contributed by atoms with Gasteiger partial charge in [-0.3, -0.25) is 0 Å². The standard InChI is InChI=1S/C26H57OP/c1-5-9-13-14-15-16-17-18-19-20-21-22-26-28(27,23-10-6-2,24-11-7-3)25-12-8-4/h27H,5-26H2,1-4H3. The summed E-state index contributed by atoms with van der Waals surface area (Å²) in [5, 5.41) is 0. The van der Waals surface area contributed by atoms with Gasteiger partial charge in [-0.05, 0) is 0 Å². The summed E-state index contributed by atoms with van der Waals surface area (Å²) < 4.78 is 0. The van der Waals surface area contributed by atoms with Crippen LogP contribution in [0.1, 0.15) is 143 Å². The summed E-state index contributed by atoms with van der Waals surface area (Å²) in [5.41, 5.74) is 0. The molecule has 0 aromatic heterocycles. The molecule has 1 nitrogen and oxygen atoms in total. The van der Waals surface area contributed by atoms with Crippen molar-refractivity contribution >= 4 is 6.83 Å². The maximum atomic E-state index is 12.1. The number of unbranched alkanes of at least 4 members (excludes halogenated alkanes) is 14. The van der Waals surface area contributed by atoms with Crippen LogP contribution in [-0.2, 0) is 0 Å². The summed E-state index contributed by atoms with van der Waals surface area (Å²) in [4.78, 5) is 12.1. The van der Waals surface area contributed by atoms with Crippen LogP contribution in [0.2, 0.25) is 0 Å². The van der Waals surface area contributed by atoms with Gasteiger partial charge in [-0.1, -0.05) is 13.3 Å². The quantitative estimate of drug-likeness (QED) is 0.137. The van der Waals surface area contributed by atoms with E-state index in [1.165, 1.54) is 122 Å². The summed E-state index contributed by atoms with van der Waals surface area (Å²) >= 11 is 0. The van der Waals surface area contributed by atoms with Gasteiger partial charge in [0.25, 0.3) is 0 Å². The van der Waals surface area contributed by atoms with E-state index in [2.05, 4.69) is 27.7 Å². The summed E-state index contributed by atoms with van der Waals surface area (Å²) in [5.74, 6) is 0. The molecule has 0 atom stereocenters. The van der Waals surface area contributed by atoms with Crippen LogP contribution in [0.15, 0.2) is 0 Å². The Bertz CT molecular complexity index is 304. The van der Waals surface area contributed by atoms with Crippen LogP contribution in [-0.4, -0.2) is 29.5 Å². The molecule has 0 spiro atoms. The van der Waals surface area contributed by atoms with E-state index in [1.807, 2.05) is 0 Å². The summed E-state index contributed by atoms with van der Waals surface area (Å²) in [6.07, 6.45) is 28.9. The molecular formula is C26H57OP. The van der Waals surface area contributed by atoms with E-state index < -0.39 is 6.83 Å². The van der Waals surface area contributed by atoms with Crippen LogP contribution in [0.25, 0.3) is 0 Å². The molecule has 0 unspecified atom stereocenters. The van der Waals surface area contributed by atoms with Gasteiger partial charge in [-0.2, -0.15) is 0 Å². The van der Waals surface area contributed by atoms with Crippen LogP contribution < -0.4 is 0 Å². The first-order valence-electron chi connectivity index (χ1n) is 13.3. The Hall–Kier alpha value is 0.390. The van der Waals surface area contributed by atoms with Crippen molar-refractivity contribution in [3.63, 3.8) is 0 Å². The van der Waals surface area contributed by atoms with Gasteiger partial charge in [0, 0.05) is 0 Å². The van der Waals surface area contributed by atoms with E-state index in [1.54, 1.807) is 0 Å². The van der Waals surface area contributed by atoms with E-state index in [0.29, 0.717) is 0 Å². The first-order valence-corrected chi connectivity index (χ1v) is 16.2. The summed E-state index contributed by atoms with van der Waals surface area (Å²) in [6, 6.07) is 0. The fraction of sp³-hybridized carbons (Fsp3) is 1.00. The van der Waals surface area contributed by atoms with Gasteiger partial charge in [-0.15, -0.1) is 0 Å². The third-order valence-electron chi connectivity index (χ3n) is 6.84. The van der Waals surface area contributed by atoms with Crippen molar-refractivity contribution in [2.75, 3.05) is 24.6 Å². The number of rotatable bonds is 22. The fourth-order valence-corrected chi connectivity index (χ4v) is 10.5. The average molecular weight is 417 g/mol. The summed E-state index contributed by atoms with van der Waals surface area (Å²) in [7, 11) is 0. The molecule has 0 aromatic rings. The van der Waals surface area contributed by atoms with Gasteiger partial charge in [0.15, 0.2) is 0 Å². The van der Waals surface area contributed by atoms with Gasteiger partial charge in [-0.25, -0.2) is 0 Å². The van der Waals surface area contributed by atoms with Gasteiger partial charge in [0.2, 0.25) is 0 Å². The molecule has 172 valence electrons. The fourth-order valence-electron chi connectivity index (χ4n) is 4.72. The van der Waals surface area contributed by atoms with Crippen LogP contribution >= 0.6 is 6.83 Å². The van der Waals surface area contributed by atoms with Crippen molar-refractivity contribution in [1.82, 2.24) is 0 Å². The zero-order valence-electron chi connectivity index (χ0n) is 20.5. The van der Waals surface area contributed by atoms with E-state index in [4.69, 9.17) is 0 Å². The predicted octanol–water partition coefficient (Wildman–Crippen LogP) is 9.55. The first-order chi connectivity index (χ1) is 13.5. The molecular weight excluding hydrogens is 359 g/mol. The molecule has 2 heteroatoms. The molecule has 0 aliphatic heterocycles. The molecule has 0 saturated heterocycles. The Labute approximate surface area is 179 Å². The van der Waals surface area contributed by atoms with Crippen molar-refractivity contribution in [1.29, 1.82) is 0 Å². The molecule has 0 rings (SSSR count). The molecule has 0 aliphatic rings. The Morgan fingerprint density at radius 2 is 0.607 bits per heavy atom. The van der Waals surface area contributed by atoms with Crippen molar-refractivity contribution < 1.29 is 4.89 Å². The van der Waals surface area contributed by atoms with Crippen molar-refractivity contribution in [3.05, 3.63) is 0 Å². The summed E-state index contributed by atoms with van der Waals surface area (Å²) in [6.45, 7) is 6.70. The van der Waals surface area contributed by atoms with Gasteiger partial charge in [0.05, 0.1) is 0 Å². The second-order valence-corrected chi connectivity index (χ2v) is 15.4. The third-order valence-corrected chi connectivity index (χ3v) is 12.7. The Kier molecular flexibility index (Phi) is 18.4. The van der Waals surface area contributed by atoms with Crippen LogP contribution in [0.4, 0.5) is 0 Å². The second-order valence-electron chi connectivity index (χ2n) is 9.75. The molecule has 0 amide bonds. The Morgan fingerprint density at radius 3 is 0.929 bits per heavy atom. The zero-order chi connectivity index (χ0) is 21.0. The Morgan fingerprint density at radius 1 is 0.357 bits per heavy atom. The van der Waals surface area contributed by atoms with E-state index >= 15 is 0 Å².